The van der Waals surface area contributed by atoms with E-state index >= 15 is 0 Å². The highest BCUT2D eigenvalue weighted by atomic mass is 16.5. The molecule has 1 aliphatic rings. The maximum atomic E-state index is 12.7. The van der Waals surface area contributed by atoms with Gasteiger partial charge in [0.1, 0.15) is 11.6 Å². The second-order valence-electron chi connectivity index (χ2n) is 7.04. The number of piperazine rings is 1. The molecule has 9 heteroatoms. The Labute approximate surface area is 181 Å². The number of rotatable bonds is 7. The van der Waals surface area contributed by atoms with Crippen molar-refractivity contribution in [2.75, 3.05) is 45.3 Å². The van der Waals surface area contributed by atoms with E-state index in [1.54, 1.807) is 44.9 Å². The highest BCUT2D eigenvalue weighted by Gasteiger charge is 2.20. The number of ether oxygens (including phenoxy) is 2. The predicted octanol–water partition coefficient (Wildman–Crippen LogP) is 1.90. The SMILES string of the molecule is COc1ccc(C(C)NC(=O)/C(C#N)=C\N2CCN(c3ncccn3)CC2)cc1OC. The van der Waals surface area contributed by atoms with E-state index in [2.05, 4.69) is 20.2 Å². The third-order valence-corrected chi connectivity index (χ3v) is 5.08. The van der Waals surface area contributed by atoms with Crippen molar-refractivity contribution >= 4 is 11.9 Å². The zero-order valence-corrected chi connectivity index (χ0v) is 17.9. The lowest BCUT2D eigenvalue weighted by molar-refractivity contribution is -0.117. The standard InChI is InChI=1S/C22H26N6O3/c1-16(17-5-6-19(30-2)20(13-17)31-3)26-21(29)18(14-23)15-27-9-11-28(12-10-27)22-24-7-4-8-25-22/h4-8,13,15-16H,9-12H2,1-3H3,(H,26,29)/b18-15-. The van der Waals surface area contributed by atoms with Gasteiger partial charge in [-0.2, -0.15) is 5.26 Å². The topological polar surface area (TPSA) is 104 Å². The van der Waals surface area contributed by atoms with Crippen molar-refractivity contribution in [2.45, 2.75) is 13.0 Å². The monoisotopic (exact) mass is 422 g/mol. The molecule has 162 valence electrons. The first-order valence-electron chi connectivity index (χ1n) is 9.96. The molecule has 3 rings (SSSR count). The Morgan fingerprint density at radius 3 is 2.45 bits per heavy atom. The van der Waals surface area contributed by atoms with Gasteiger partial charge in [0.2, 0.25) is 5.95 Å². The summed E-state index contributed by atoms with van der Waals surface area (Å²) in [7, 11) is 3.13. The van der Waals surface area contributed by atoms with Gasteiger partial charge in [-0.25, -0.2) is 9.97 Å². The highest BCUT2D eigenvalue weighted by Crippen LogP contribution is 2.30. The van der Waals surface area contributed by atoms with Crippen molar-refractivity contribution in [3.8, 4) is 17.6 Å². The van der Waals surface area contributed by atoms with Crippen LogP contribution in [0.3, 0.4) is 0 Å². The van der Waals surface area contributed by atoms with Crippen molar-refractivity contribution in [3.05, 3.63) is 54.0 Å². The lowest BCUT2D eigenvalue weighted by Gasteiger charge is -2.34. The van der Waals surface area contributed by atoms with E-state index in [0.29, 0.717) is 43.6 Å². The number of methoxy groups -OCH3 is 2. The lowest BCUT2D eigenvalue weighted by atomic mass is 10.1. The van der Waals surface area contributed by atoms with Crippen LogP contribution in [-0.2, 0) is 4.79 Å². The lowest BCUT2D eigenvalue weighted by Crippen LogP contribution is -2.45. The van der Waals surface area contributed by atoms with Gasteiger partial charge in [-0.05, 0) is 30.7 Å². The smallest absolute Gasteiger partial charge is 0.263 e. The van der Waals surface area contributed by atoms with Crippen molar-refractivity contribution < 1.29 is 14.3 Å². The number of hydrogen-bond donors (Lipinski definition) is 1. The molecule has 9 nitrogen and oxygen atoms in total. The molecule has 1 unspecified atom stereocenters. The van der Waals surface area contributed by atoms with Gasteiger partial charge < -0.3 is 24.6 Å². The van der Waals surface area contributed by atoms with Gasteiger partial charge in [-0.3, -0.25) is 4.79 Å². The van der Waals surface area contributed by atoms with Crippen LogP contribution in [0.4, 0.5) is 5.95 Å². The number of aromatic nitrogens is 2. The maximum Gasteiger partial charge on any atom is 0.263 e. The summed E-state index contributed by atoms with van der Waals surface area (Å²) >= 11 is 0. The highest BCUT2D eigenvalue weighted by molar-refractivity contribution is 5.97. The van der Waals surface area contributed by atoms with Crippen molar-refractivity contribution in [2.24, 2.45) is 0 Å². The molecule has 2 aromatic rings. The summed E-state index contributed by atoms with van der Waals surface area (Å²) in [5.74, 6) is 1.46. The van der Waals surface area contributed by atoms with Crippen LogP contribution in [0.25, 0.3) is 0 Å². The molecule has 1 N–H and O–H groups in total. The van der Waals surface area contributed by atoms with Crippen molar-refractivity contribution in [1.29, 1.82) is 5.26 Å². The molecule has 31 heavy (non-hydrogen) atoms. The molecular formula is C22H26N6O3. The third-order valence-electron chi connectivity index (χ3n) is 5.08. The van der Waals surface area contributed by atoms with Gasteiger partial charge in [-0.15, -0.1) is 0 Å². The minimum Gasteiger partial charge on any atom is -0.493 e. The van der Waals surface area contributed by atoms with Crippen LogP contribution in [0.2, 0.25) is 0 Å². The van der Waals surface area contributed by atoms with Gasteiger partial charge in [0.05, 0.1) is 20.3 Å². The third kappa shape index (κ3) is 5.42. The van der Waals surface area contributed by atoms with Crippen LogP contribution in [0, 0.1) is 11.3 Å². The van der Waals surface area contributed by atoms with E-state index in [9.17, 15) is 10.1 Å². The van der Waals surface area contributed by atoms with Gasteiger partial charge >= 0.3 is 0 Å². The molecule has 0 bridgehead atoms. The van der Waals surface area contributed by atoms with Gasteiger partial charge in [0.25, 0.3) is 5.91 Å². The van der Waals surface area contributed by atoms with E-state index < -0.39 is 5.91 Å². The number of benzene rings is 1. The molecule has 1 fully saturated rings. The average molecular weight is 422 g/mol. The molecule has 1 aliphatic heterocycles. The summed E-state index contributed by atoms with van der Waals surface area (Å²) in [6.07, 6.45) is 5.05. The molecule has 2 heterocycles. The average Bonchev–Trinajstić information content (AvgIpc) is 2.82. The summed E-state index contributed by atoms with van der Waals surface area (Å²) in [6.45, 7) is 4.61. The largest absolute Gasteiger partial charge is 0.493 e. The minimum absolute atomic E-state index is 0.0664. The van der Waals surface area contributed by atoms with Crippen LogP contribution < -0.4 is 19.7 Å². The Morgan fingerprint density at radius 1 is 1.16 bits per heavy atom. The van der Waals surface area contributed by atoms with E-state index in [4.69, 9.17) is 9.47 Å². The number of carbonyl (C=O) groups is 1. The fourth-order valence-corrected chi connectivity index (χ4v) is 3.31. The number of nitrogens with one attached hydrogen (secondary N) is 1. The number of hydrogen-bond acceptors (Lipinski definition) is 8. The van der Waals surface area contributed by atoms with E-state index in [1.165, 1.54) is 0 Å². The molecule has 1 amide bonds. The molecule has 1 atom stereocenters. The maximum absolute atomic E-state index is 12.7. The number of anilines is 1. The van der Waals surface area contributed by atoms with Gasteiger partial charge in [0, 0.05) is 44.8 Å². The number of carbonyl (C=O) groups excluding carboxylic acids is 1. The second-order valence-corrected chi connectivity index (χ2v) is 7.04. The van der Waals surface area contributed by atoms with Gasteiger partial charge in [-0.1, -0.05) is 6.07 Å². The van der Waals surface area contributed by atoms with Crippen molar-refractivity contribution in [1.82, 2.24) is 20.2 Å². The fraction of sp³-hybridized carbons (Fsp3) is 0.364. The summed E-state index contributed by atoms with van der Waals surface area (Å²) in [6, 6.07) is 8.94. The zero-order chi connectivity index (χ0) is 22.2. The fourth-order valence-electron chi connectivity index (χ4n) is 3.31. The first-order valence-corrected chi connectivity index (χ1v) is 9.96. The molecule has 0 saturated carbocycles. The van der Waals surface area contributed by atoms with E-state index in [1.807, 2.05) is 30.0 Å². The molecule has 0 aliphatic carbocycles. The summed E-state index contributed by atoms with van der Waals surface area (Å²) < 4.78 is 10.6. The minimum atomic E-state index is -0.418. The Hall–Kier alpha value is -3.80. The van der Waals surface area contributed by atoms with Crippen LogP contribution >= 0.6 is 0 Å². The van der Waals surface area contributed by atoms with E-state index in [0.717, 1.165) is 5.56 Å². The van der Waals surface area contributed by atoms with Crippen molar-refractivity contribution in [3.63, 3.8) is 0 Å². The Morgan fingerprint density at radius 2 is 1.84 bits per heavy atom. The number of nitrogens with zero attached hydrogens (tertiary/aromatic N) is 5. The first-order chi connectivity index (χ1) is 15.0. The Bertz CT molecular complexity index is 965. The van der Waals surface area contributed by atoms with Gasteiger partial charge in [0.15, 0.2) is 11.5 Å². The summed E-state index contributed by atoms with van der Waals surface area (Å²) in [5.41, 5.74) is 0.913. The molecule has 1 saturated heterocycles. The Balaban J connectivity index is 1.61. The molecule has 1 aromatic heterocycles. The van der Waals surface area contributed by atoms with E-state index in [-0.39, 0.29) is 11.6 Å². The number of nitriles is 1. The van der Waals surface area contributed by atoms with Crippen LogP contribution in [0.1, 0.15) is 18.5 Å². The zero-order valence-electron chi connectivity index (χ0n) is 17.9. The first kappa shape index (κ1) is 21.9. The summed E-state index contributed by atoms with van der Waals surface area (Å²) in [4.78, 5) is 25.3. The van der Waals surface area contributed by atoms with Crippen LogP contribution in [0.15, 0.2) is 48.4 Å². The number of amides is 1. The second kappa shape index (κ2) is 10.3. The quantitative estimate of drug-likeness (QED) is 0.533. The summed E-state index contributed by atoms with van der Waals surface area (Å²) in [5, 5.41) is 12.4. The molecule has 0 radical (unpaired) electrons. The molecule has 1 aromatic carbocycles. The molecular weight excluding hydrogens is 396 g/mol. The normalized spacial score (nSPS) is 15.1. The Kier molecular flexibility index (Phi) is 7.27. The van der Waals surface area contributed by atoms with Crippen LogP contribution in [-0.4, -0.2) is 61.2 Å². The van der Waals surface area contributed by atoms with Crippen LogP contribution in [0.5, 0.6) is 11.5 Å². The predicted molar refractivity (Wildman–Crippen MR) is 116 cm³/mol. The molecule has 0 spiro atoms.